The van der Waals surface area contributed by atoms with Gasteiger partial charge in [-0.3, -0.25) is 4.79 Å². The maximum atomic E-state index is 12.8. The van der Waals surface area contributed by atoms with Gasteiger partial charge >= 0.3 is 0 Å². The van der Waals surface area contributed by atoms with E-state index in [4.69, 9.17) is 9.47 Å². The first-order valence-corrected chi connectivity index (χ1v) is 13.1. The van der Waals surface area contributed by atoms with Crippen molar-refractivity contribution in [2.24, 2.45) is 4.99 Å². The first kappa shape index (κ1) is 22.7. The van der Waals surface area contributed by atoms with Crippen molar-refractivity contribution in [3.05, 3.63) is 59.7 Å². The van der Waals surface area contributed by atoms with Gasteiger partial charge in [-0.1, -0.05) is 42.1 Å². The number of sulfone groups is 1. The largest absolute Gasteiger partial charge is 0.497 e. The summed E-state index contributed by atoms with van der Waals surface area (Å²) >= 11 is 1.41. The van der Waals surface area contributed by atoms with Crippen LogP contribution in [0.5, 0.6) is 11.5 Å². The highest BCUT2D eigenvalue weighted by Gasteiger charge is 2.48. The Balaban J connectivity index is 1.51. The molecular formula is C23H26N2O5S2. The minimum absolute atomic E-state index is 0.0892. The quantitative estimate of drug-likeness (QED) is 0.610. The first-order chi connectivity index (χ1) is 15.4. The van der Waals surface area contributed by atoms with Crippen molar-refractivity contribution in [2.45, 2.75) is 24.1 Å². The Bertz CT molecular complexity index is 1120. The molecule has 2 aliphatic heterocycles. The summed E-state index contributed by atoms with van der Waals surface area (Å²) in [6, 6.07) is 15.0. The number of methoxy groups -OCH3 is 2. The molecule has 0 radical (unpaired) electrons. The second-order valence-corrected chi connectivity index (χ2v) is 11.2. The van der Waals surface area contributed by atoms with Gasteiger partial charge in [-0.25, -0.2) is 8.42 Å². The van der Waals surface area contributed by atoms with Crippen molar-refractivity contribution < 1.29 is 22.7 Å². The second kappa shape index (κ2) is 9.54. The van der Waals surface area contributed by atoms with Crippen LogP contribution in [0.15, 0.2) is 53.5 Å². The maximum Gasteiger partial charge on any atom is 0.252 e. The molecule has 1 amide bonds. The lowest BCUT2D eigenvalue weighted by atomic mass is 10.1. The molecule has 0 aromatic heterocycles. The number of thioether (sulfide) groups is 1. The smallest absolute Gasteiger partial charge is 0.252 e. The number of carbonyl (C=O) groups excluding carboxylic acids is 1. The Hall–Kier alpha value is -2.52. The van der Waals surface area contributed by atoms with E-state index >= 15 is 0 Å². The molecule has 2 fully saturated rings. The fraction of sp³-hybridized carbons (Fsp3) is 0.391. The average Bonchev–Trinajstić information content (AvgIpc) is 3.23. The molecule has 0 unspecified atom stereocenters. The fourth-order valence-electron chi connectivity index (χ4n) is 4.10. The molecule has 2 heterocycles. The van der Waals surface area contributed by atoms with Gasteiger partial charge in [-0.15, -0.1) is 0 Å². The number of benzene rings is 2. The molecule has 0 N–H and O–H groups in total. The van der Waals surface area contributed by atoms with Crippen LogP contribution in [-0.4, -0.2) is 68.0 Å². The van der Waals surface area contributed by atoms with Crippen molar-refractivity contribution in [1.29, 1.82) is 0 Å². The van der Waals surface area contributed by atoms with Crippen LogP contribution in [0.3, 0.4) is 0 Å². The number of rotatable bonds is 7. The van der Waals surface area contributed by atoms with Gasteiger partial charge < -0.3 is 14.4 Å². The van der Waals surface area contributed by atoms with Crippen molar-refractivity contribution in [3.8, 4) is 11.5 Å². The van der Waals surface area contributed by atoms with E-state index in [1.807, 2.05) is 53.4 Å². The summed E-state index contributed by atoms with van der Waals surface area (Å²) in [6.07, 6.45) is 0.849. The number of amides is 1. The number of fused-ring (bicyclic) bond motifs is 1. The third kappa shape index (κ3) is 5.10. The zero-order valence-corrected chi connectivity index (χ0v) is 19.7. The number of hydrogen-bond donors (Lipinski definition) is 0. The van der Waals surface area contributed by atoms with E-state index in [0.29, 0.717) is 23.9 Å². The standard InChI is InChI=1S/C23H26N2O5S2/c1-29-18-9-7-16(8-10-18)11-12-25-19-14-32(27,28)15-21(19)31-23(25)24-22(26)13-17-5-3-4-6-20(17)30-2/h3-10,19,21H,11-15H2,1-2H3/t19-,21+/m0/s1. The van der Waals surface area contributed by atoms with E-state index in [1.165, 1.54) is 11.8 Å². The maximum absolute atomic E-state index is 12.8. The first-order valence-electron chi connectivity index (χ1n) is 10.4. The van der Waals surface area contributed by atoms with Gasteiger partial charge in [-0.2, -0.15) is 4.99 Å². The predicted octanol–water partition coefficient (Wildman–Crippen LogP) is 2.59. The summed E-state index contributed by atoms with van der Waals surface area (Å²) in [5.74, 6) is 1.40. The Kier molecular flexibility index (Phi) is 6.76. The minimum atomic E-state index is -3.08. The summed E-state index contributed by atoms with van der Waals surface area (Å²) < 4.78 is 34.9. The van der Waals surface area contributed by atoms with E-state index < -0.39 is 9.84 Å². The predicted molar refractivity (Wildman–Crippen MR) is 126 cm³/mol. The van der Waals surface area contributed by atoms with Gasteiger partial charge in [0.2, 0.25) is 0 Å². The molecule has 4 rings (SSSR count). The average molecular weight is 475 g/mol. The van der Waals surface area contributed by atoms with Crippen LogP contribution in [-0.2, 0) is 27.5 Å². The third-order valence-corrected chi connectivity index (χ3v) is 8.98. The normalized spacial score (nSPS) is 22.7. The summed E-state index contributed by atoms with van der Waals surface area (Å²) in [6.45, 7) is 0.594. The molecule has 2 aromatic rings. The van der Waals surface area contributed by atoms with Gasteiger partial charge in [0.15, 0.2) is 15.0 Å². The molecule has 170 valence electrons. The Morgan fingerprint density at radius 3 is 2.56 bits per heavy atom. The number of hydrogen-bond acceptors (Lipinski definition) is 6. The number of ether oxygens (including phenoxy) is 2. The number of carbonyl (C=O) groups is 1. The zero-order chi connectivity index (χ0) is 22.7. The third-order valence-electron chi connectivity index (χ3n) is 5.73. The lowest BCUT2D eigenvalue weighted by Gasteiger charge is -2.24. The van der Waals surface area contributed by atoms with Crippen LogP contribution in [0.4, 0.5) is 0 Å². The number of nitrogens with zero attached hydrogens (tertiary/aromatic N) is 2. The van der Waals surface area contributed by atoms with Crippen LogP contribution in [0, 0.1) is 0 Å². The highest BCUT2D eigenvalue weighted by molar-refractivity contribution is 8.15. The summed E-state index contributed by atoms with van der Waals surface area (Å²) in [4.78, 5) is 19.2. The SMILES string of the molecule is COc1ccc(CCN2C(=NC(=O)Cc3ccccc3OC)S[C@@H]3CS(=O)(=O)C[C@@H]32)cc1. The number of para-hydroxylation sites is 1. The molecule has 0 spiro atoms. The van der Waals surface area contributed by atoms with Crippen LogP contribution < -0.4 is 9.47 Å². The topological polar surface area (TPSA) is 85.3 Å². The second-order valence-electron chi connectivity index (χ2n) is 7.87. The van der Waals surface area contributed by atoms with Gasteiger partial charge in [-0.05, 0) is 30.2 Å². The van der Waals surface area contributed by atoms with Gasteiger partial charge in [0.05, 0.1) is 38.2 Å². The molecule has 2 saturated heterocycles. The lowest BCUT2D eigenvalue weighted by Crippen LogP contribution is -2.39. The van der Waals surface area contributed by atoms with E-state index in [-0.39, 0.29) is 35.1 Å². The molecule has 0 bridgehead atoms. The summed E-state index contributed by atoms with van der Waals surface area (Å²) in [7, 11) is 0.126. The molecule has 2 atom stereocenters. The van der Waals surface area contributed by atoms with E-state index in [2.05, 4.69) is 4.99 Å². The lowest BCUT2D eigenvalue weighted by molar-refractivity contribution is -0.117. The van der Waals surface area contributed by atoms with E-state index in [1.54, 1.807) is 14.2 Å². The zero-order valence-electron chi connectivity index (χ0n) is 18.1. The molecule has 0 aliphatic carbocycles. The molecule has 0 saturated carbocycles. The minimum Gasteiger partial charge on any atom is -0.497 e. The number of amidine groups is 1. The number of aliphatic imine (C=N–C) groups is 1. The van der Waals surface area contributed by atoms with Crippen LogP contribution >= 0.6 is 11.8 Å². The van der Waals surface area contributed by atoms with Crippen molar-refractivity contribution in [2.75, 3.05) is 32.3 Å². The van der Waals surface area contributed by atoms with Crippen molar-refractivity contribution >= 4 is 32.7 Å². The molecular weight excluding hydrogens is 448 g/mol. The van der Waals surface area contributed by atoms with Crippen LogP contribution in [0.1, 0.15) is 11.1 Å². The molecule has 7 nitrogen and oxygen atoms in total. The summed E-state index contributed by atoms with van der Waals surface area (Å²) in [5, 5.41) is 0.525. The van der Waals surface area contributed by atoms with Crippen molar-refractivity contribution in [3.63, 3.8) is 0 Å². The monoisotopic (exact) mass is 474 g/mol. The van der Waals surface area contributed by atoms with E-state index in [9.17, 15) is 13.2 Å². The van der Waals surface area contributed by atoms with E-state index in [0.717, 1.165) is 16.9 Å². The Labute approximate surface area is 192 Å². The summed E-state index contributed by atoms with van der Waals surface area (Å²) in [5.41, 5.74) is 1.89. The Morgan fingerprint density at radius 1 is 1.09 bits per heavy atom. The van der Waals surface area contributed by atoms with Crippen LogP contribution in [0.25, 0.3) is 0 Å². The van der Waals surface area contributed by atoms with Gasteiger partial charge in [0.25, 0.3) is 5.91 Å². The highest BCUT2D eigenvalue weighted by Crippen LogP contribution is 2.38. The Morgan fingerprint density at radius 2 is 1.84 bits per heavy atom. The van der Waals surface area contributed by atoms with Gasteiger partial charge in [0, 0.05) is 17.4 Å². The molecule has 2 aliphatic rings. The molecule has 9 heteroatoms. The molecule has 32 heavy (non-hydrogen) atoms. The fourth-order valence-corrected chi connectivity index (χ4v) is 8.09. The van der Waals surface area contributed by atoms with Crippen LogP contribution in [0.2, 0.25) is 0 Å². The molecule has 2 aromatic carbocycles. The van der Waals surface area contributed by atoms with Crippen molar-refractivity contribution in [1.82, 2.24) is 4.90 Å². The van der Waals surface area contributed by atoms with Gasteiger partial charge in [0.1, 0.15) is 11.5 Å². The highest BCUT2D eigenvalue weighted by atomic mass is 32.2.